The molecule has 104 valence electrons. The monoisotopic (exact) mass is 274 g/mol. The molecular weight excluding hydrogens is 252 g/mol. The molecule has 7 nitrogen and oxygen atoms in total. The summed E-state index contributed by atoms with van der Waals surface area (Å²) in [6.07, 6.45) is 1.68. The molecule has 0 saturated heterocycles. The van der Waals surface area contributed by atoms with Gasteiger partial charge in [0.1, 0.15) is 0 Å². The second-order valence-electron chi connectivity index (χ2n) is 4.15. The molecule has 0 rings (SSSR count). The van der Waals surface area contributed by atoms with E-state index in [1.165, 1.54) is 0 Å². The summed E-state index contributed by atoms with van der Waals surface area (Å²) in [6, 6.07) is -0.982. The van der Waals surface area contributed by atoms with E-state index in [4.69, 9.17) is 15.9 Å². The number of nitrogens with one attached hydrogen (secondary N) is 2. The van der Waals surface area contributed by atoms with Gasteiger partial charge >= 0.3 is 20.7 Å². The van der Waals surface area contributed by atoms with Gasteiger partial charge in [-0.2, -0.15) is 0 Å². The first-order valence-electron chi connectivity index (χ1n) is 5.75. The van der Waals surface area contributed by atoms with Crippen molar-refractivity contribution >= 4 is 20.7 Å². The SMILES string of the molecule is C=C(C)CO[Si](CCCC)(NC(N)=O)NC(N)=O. The molecule has 0 aliphatic carbocycles. The van der Waals surface area contributed by atoms with Crippen molar-refractivity contribution in [1.82, 2.24) is 9.96 Å². The highest BCUT2D eigenvalue weighted by Crippen LogP contribution is 2.11. The number of nitrogens with two attached hydrogens (primary N) is 2. The molecule has 0 atom stereocenters. The van der Waals surface area contributed by atoms with Crippen LogP contribution < -0.4 is 21.4 Å². The Morgan fingerprint density at radius 1 is 1.28 bits per heavy atom. The molecule has 0 aliphatic rings. The molecule has 8 heteroatoms. The number of carbonyl (C=O) groups is 2. The first-order valence-corrected chi connectivity index (χ1v) is 7.86. The Labute approximate surface area is 108 Å². The summed E-state index contributed by atoms with van der Waals surface area (Å²) in [5.74, 6) is 0. The molecule has 0 aromatic heterocycles. The Kier molecular flexibility index (Phi) is 7.06. The van der Waals surface area contributed by atoms with Crippen molar-refractivity contribution < 1.29 is 14.0 Å². The van der Waals surface area contributed by atoms with Crippen LogP contribution in [0.25, 0.3) is 0 Å². The number of primary amides is 2. The van der Waals surface area contributed by atoms with Gasteiger partial charge in [0.25, 0.3) is 0 Å². The average Bonchev–Trinajstić information content (AvgIpc) is 2.22. The first kappa shape index (κ1) is 16.5. The largest absolute Gasteiger partial charge is 0.421 e. The normalized spacial score (nSPS) is 10.8. The van der Waals surface area contributed by atoms with Crippen molar-refractivity contribution in [2.24, 2.45) is 11.5 Å². The van der Waals surface area contributed by atoms with Crippen LogP contribution in [0.3, 0.4) is 0 Å². The summed E-state index contributed by atoms with van der Waals surface area (Å²) in [6.45, 7) is 7.72. The van der Waals surface area contributed by atoms with Gasteiger partial charge in [0.2, 0.25) is 0 Å². The van der Waals surface area contributed by atoms with Crippen LogP contribution in [0.15, 0.2) is 12.2 Å². The minimum Gasteiger partial charge on any atom is -0.379 e. The summed E-state index contributed by atoms with van der Waals surface area (Å²) in [5.41, 5.74) is 11.0. The van der Waals surface area contributed by atoms with E-state index in [0.717, 1.165) is 18.4 Å². The van der Waals surface area contributed by atoms with E-state index in [0.29, 0.717) is 6.04 Å². The van der Waals surface area contributed by atoms with Crippen LogP contribution in [0.1, 0.15) is 26.7 Å². The lowest BCUT2D eigenvalue weighted by atomic mass is 10.4. The van der Waals surface area contributed by atoms with Gasteiger partial charge < -0.3 is 25.9 Å². The third-order valence-electron chi connectivity index (χ3n) is 2.10. The molecule has 0 radical (unpaired) electrons. The van der Waals surface area contributed by atoms with E-state index >= 15 is 0 Å². The third-order valence-corrected chi connectivity index (χ3v) is 5.09. The van der Waals surface area contributed by atoms with Gasteiger partial charge in [-0.05, 0) is 6.92 Å². The fourth-order valence-corrected chi connectivity index (χ4v) is 4.11. The van der Waals surface area contributed by atoms with Crippen molar-refractivity contribution in [3.8, 4) is 0 Å². The molecule has 0 bridgehead atoms. The molecule has 0 aromatic rings. The molecule has 6 N–H and O–H groups in total. The molecule has 0 unspecified atom stereocenters. The van der Waals surface area contributed by atoms with Crippen molar-refractivity contribution in [1.29, 1.82) is 0 Å². The molecule has 4 amide bonds. The predicted molar refractivity (Wildman–Crippen MR) is 71.7 cm³/mol. The van der Waals surface area contributed by atoms with E-state index in [1.807, 2.05) is 6.92 Å². The number of urea groups is 2. The fraction of sp³-hybridized carbons (Fsp3) is 0.600. The Balaban J connectivity index is 4.89. The Morgan fingerprint density at radius 3 is 2.11 bits per heavy atom. The standard InChI is InChI=1S/C10H22N4O3Si/c1-4-5-6-18(13-9(11)15,14-10(12)16)17-7-8(2)3/h2,4-7H2,1,3H3,(H3,11,13,15)(H3,12,14,16). The number of unbranched alkanes of at least 4 members (excludes halogenated alkanes) is 1. The highest BCUT2D eigenvalue weighted by molar-refractivity contribution is 6.73. The van der Waals surface area contributed by atoms with Gasteiger partial charge in [-0.1, -0.05) is 31.9 Å². The Morgan fingerprint density at radius 2 is 1.78 bits per heavy atom. The summed E-state index contributed by atoms with van der Waals surface area (Å²) < 4.78 is 5.63. The molecule has 0 saturated carbocycles. The van der Waals surface area contributed by atoms with Gasteiger partial charge in [0, 0.05) is 6.04 Å². The maximum absolute atomic E-state index is 11.1. The van der Waals surface area contributed by atoms with Crippen molar-refractivity contribution in [2.45, 2.75) is 32.7 Å². The van der Waals surface area contributed by atoms with Crippen LogP contribution in [-0.4, -0.2) is 27.3 Å². The lowest BCUT2D eigenvalue weighted by Crippen LogP contribution is -2.69. The fourth-order valence-electron chi connectivity index (χ4n) is 1.37. The summed E-state index contributed by atoms with van der Waals surface area (Å²) in [4.78, 5) is 27.1. The Bertz CT molecular complexity index is 306. The second-order valence-corrected chi connectivity index (χ2v) is 7.10. The highest BCUT2D eigenvalue weighted by atomic mass is 28.4. The van der Waals surface area contributed by atoms with Crippen LogP contribution in [-0.2, 0) is 4.43 Å². The zero-order valence-electron chi connectivity index (χ0n) is 10.9. The summed E-state index contributed by atoms with van der Waals surface area (Å²) in [7, 11) is -3.02. The number of amides is 4. The first-order chi connectivity index (χ1) is 8.31. The van der Waals surface area contributed by atoms with Crippen LogP contribution >= 0.6 is 0 Å². The molecule has 0 aromatic carbocycles. The molecular formula is C10H22N4O3Si. The van der Waals surface area contributed by atoms with Crippen molar-refractivity contribution in [2.75, 3.05) is 6.61 Å². The van der Waals surface area contributed by atoms with Gasteiger partial charge in [-0.25, -0.2) is 9.59 Å². The maximum atomic E-state index is 11.1. The zero-order chi connectivity index (χ0) is 14.2. The smallest absolute Gasteiger partial charge is 0.379 e. The number of rotatable bonds is 8. The average molecular weight is 274 g/mol. The van der Waals surface area contributed by atoms with Gasteiger partial charge in [0.15, 0.2) is 0 Å². The lowest BCUT2D eigenvalue weighted by molar-refractivity contribution is 0.241. The summed E-state index contributed by atoms with van der Waals surface area (Å²) >= 11 is 0. The number of hydrogen-bond acceptors (Lipinski definition) is 3. The van der Waals surface area contributed by atoms with E-state index in [1.54, 1.807) is 6.92 Å². The third kappa shape index (κ3) is 6.92. The van der Waals surface area contributed by atoms with Crippen LogP contribution in [0, 0.1) is 0 Å². The topological polar surface area (TPSA) is 119 Å². The van der Waals surface area contributed by atoms with E-state index in [2.05, 4.69) is 16.5 Å². The van der Waals surface area contributed by atoms with E-state index < -0.39 is 20.7 Å². The quantitative estimate of drug-likeness (QED) is 0.384. The lowest BCUT2D eigenvalue weighted by Gasteiger charge is -2.30. The molecule has 0 fully saturated rings. The van der Waals surface area contributed by atoms with Crippen molar-refractivity contribution in [3.63, 3.8) is 0 Å². The minimum absolute atomic E-state index is 0.233. The van der Waals surface area contributed by atoms with Crippen LogP contribution in [0.2, 0.25) is 6.04 Å². The molecule has 0 heterocycles. The van der Waals surface area contributed by atoms with Gasteiger partial charge in [-0.3, -0.25) is 0 Å². The minimum atomic E-state index is -3.02. The number of hydrogen-bond donors (Lipinski definition) is 4. The molecule has 0 spiro atoms. The zero-order valence-corrected chi connectivity index (χ0v) is 11.9. The van der Waals surface area contributed by atoms with Gasteiger partial charge in [0.05, 0.1) is 6.61 Å². The highest BCUT2D eigenvalue weighted by Gasteiger charge is 2.39. The number of carbonyl (C=O) groups excluding carboxylic acids is 2. The maximum Gasteiger partial charge on any atom is 0.421 e. The van der Waals surface area contributed by atoms with Crippen molar-refractivity contribution in [3.05, 3.63) is 12.2 Å². The second kappa shape index (κ2) is 7.72. The van der Waals surface area contributed by atoms with Gasteiger partial charge in [-0.15, -0.1) is 0 Å². The predicted octanol–water partition coefficient (Wildman–Crippen LogP) is 0.655. The molecule has 18 heavy (non-hydrogen) atoms. The van der Waals surface area contributed by atoms with E-state index in [9.17, 15) is 9.59 Å². The van der Waals surface area contributed by atoms with Crippen LogP contribution in [0.5, 0.6) is 0 Å². The van der Waals surface area contributed by atoms with Crippen LogP contribution in [0.4, 0.5) is 9.59 Å². The Hall–Kier alpha value is -1.54. The summed E-state index contributed by atoms with van der Waals surface area (Å²) in [5, 5.41) is 0. The molecule has 0 aliphatic heterocycles. The van der Waals surface area contributed by atoms with E-state index in [-0.39, 0.29) is 6.61 Å².